The van der Waals surface area contributed by atoms with Gasteiger partial charge in [-0.1, -0.05) is 30.3 Å². The lowest BCUT2D eigenvalue weighted by atomic mass is 9.72. The average molecular weight is 403 g/mol. The molecule has 5 rings (SSSR count). The van der Waals surface area contributed by atoms with Gasteiger partial charge >= 0.3 is 0 Å². The second kappa shape index (κ2) is 8.01. The highest BCUT2D eigenvalue weighted by molar-refractivity contribution is 5.92. The number of hydrogen-bond donors (Lipinski definition) is 3. The van der Waals surface area contributed by atoms with Crippen LogP contribution in [0.1, 0.15) is 46.1 Å². The molecule has 0 unspecified atom stereocenters. The molecule has 0 bridgehead atoms. The van der Waals surface area contributed by atoms with E-state index >= 15 is 0 Å². The minimum atomic E-state index is -0.230. The molecule has 3 aromatic rings. The Labute approximate surface area is 175 Å². The van der Waals surface area contributed by atoms with Crippen molar-refractivity contribution >= 4 is 5.91 Å². The van der Waals surface area contributed by atoms with Crippen molar-refractivity contribution in [2.24, 2.45) is 0 Å². The number of aromatic amines is 1. The number of aromatic nitrogens is 3. The van der Waals surface area contributed by atoms with Gasteiger partial charge in [0.05, 0.1) is 18.8 Å². The van der Waals surface area contributed by atoms with Crippen LogP contribution in [0.15, 0.2) is 61.1 Å². The largest absolute Gasteiger partial charge is 0.370 e. The summed E-state index contributed by atoms with van der Waals surface area (Å²) in [6.07, 6.45) is 6.95. The van der Waals surface area contributed by atoms with Crippen molar-refractivity contribution in [2.75, 3.05) is 13.1 Å². The van der Waals surface area contributed by atoms with Gasteiger partial charge in [-0.2, -0.15) is 5.10 Å². The van der Waals surface area contributed by atoms with E-state index in [0.717, 1.165) is 37.1 Å². The fourth-order valence-electron chi connectivity index (χ4n) is 4.96. The van der Waals surface area contributed by atoms with Gasteiger partial charge in [0.25, 0.3) is 5.91 Å². The quantitative estimate of drug-likeness (QED) is 0.609. The molecular weight excluding hydrogens is 378 g/mol. The van der Waals surface area contributed by atoms with Gasteiger partial charge in [0, 0.05) is 24.0 Å². The molecule has 2 aliphatic rings. The summed E-state index contributed by atoms with van der Waals surface area (Å²) >= 11 is 0. The van der Waals surface area contributed by atoms with Crippen molar-refractivity contribution in [2.45, 2.75) is 37.0 Å². The van der Waals surface area contributed by atoms with E-state index < -0.39 is 0 Å². The van der Waals surface area contributed by atoms with Crippen molar-refractivity contribution in [3.63, 3.8) is 0 Å². The Bertz CT molecular complexity index is 999. The summed E-state index contributed by atoms with van der Waals surface area (Å²) in [4.78, 5) is 17.1. The number of amides is 1. The van der Waals surface area contributed by atoms with Crippen molar-refractivity contribution in [1.82, 2.24) is 25.8 Å². The van der Waals surface area contributed by atoms with Crippen molar-refractivity contribution in [3.05, 3.63) is 83.4 Å². The predicted molar refractivity (Wildman–Crippen MR) is 112 cm³/mol. The molecule has 1 spiro atoms. The lowest BCUT2D eigenvalue weighted by Crippen LogP contribution is -2.49. The Morgan fingerprint density at radius 3 is 2.77 bits per heavy atom. The average Bonchev–Trinajstić information content (AvgIpc) is 3.41. The monoisotopic (exact) mass is 403 g/mol. The van der Waals surface area contributed by atoms with E-state index in [1.165, 1.54) is 5.56 Å². The maximum absolute atomic E-state index is 12.9. The van der Waals surface area contributed by atoms with E-state index in [-0.39, 0.29) is 23.5 Å². The predicted octanol–water partition coefficient (Wildman–Crippen LogP) is 2.50. The van der Waals surface area contributed by atoms with Crippen molar-refractivity contribution in [1.29, 1.82) is 0 Å². The second-order valence-electron chi connectivity index (χ2n) is 8.01. The van der Waals surface area contributed by atoms with Gasteiger partial charge < -0.3 is 15.4 Å². The number of fused-ring (bicyclic) bond motifs is 2. The molecule has 0 radical (unpaired) electrons. The minimum Gasteiger partial charge on any atom is -0.370 e. The Kier molecular flexibility index (Phi) is 5.06. The van der Waals surface area contributed by atoms with Gasteiger partial charge in [-0.05, 0) is 54.8 Å². The fraction of sp³-hybridized carbons (Fsp3) is 0.348. The zero-order valence-electron chi connectivity index (χ0n) is 16.7. The van der Waals surface area contributed by atoms with Gasteiger partial charge in [-0.15, -0.1) is 0 Å². The van der Waals surface area contributed by atoms with Crippen LogP contribution in [0.5, 0.6) is 0 Å². The maximum Gasteiger partial charge on any atom is 0.269 e. The first kappa shape index (κ1) is 19.0. The summed E-state index contributed by atoms with van der Waals surface area (Å²) in [7, 11) is 0. The number of H-pyrrole nitrogens is 1. The molecule has 7 heteroatoms. The molecule has 1 fully saturated rings. The van der Waals surface area contributed by atoms with E-state index in [0.29, 0.717) is 12.3 Å². The first-order valence-electron chi connectivity index (χ1n) is 10.4. The number of pyridine rings is 1. The first-order valence-corrected chi connectivity index (χ1v) is 10.4. The number of ether oxygens (including phenoxy) is 1. The van der Waals surface area contributed by atoms with Crippen LogP contribution in [0.4, 0.5) is 0 Å². The molecule has 3 heterocycles. The summed E-state index contributed by atoms with van der Waals surface area (Å²) in [5, 5.41) is 13.4. The molecule has 1 saturated heterocycles. The van der Waals surface area contributed by atoms with Crippen LogP contribution >= 0.6 is 0 Å². The zero-order chi connectivity index (χ0) is 20.4. The van der Waals surface area contributed by atoms with Gasteiger partial charge in [-0.3, -0.25) is 14.9 Å². The summed E-state index contributed by atoms with van der Waals surface area (Å²) in [5.74, 6) is -0.173. The molecule has 1 aromatic carbocycles. The molecule has 3 N–H and O–H groups in total. The number of carbonyl (C=O) groups excluding carboxylic acids is 1. The molecule has 2 aromatic heterocycles. The van der Waals surface area contributed by atoms with E-state index in [1.54, 1.807) is 18.5 Å². The number of piperidine rings is 1. The highest BCUT2D eigenvalue weighted by Crippen LogP contribution is 2.51. The van der Waals surface area contributed by atoms with E-state index in [1.807, 2.05) is 24.4 Å². The fourth-order valence-corrected chi connectivity index (χ4v) is 4.96. The topological polar surface area (TPSA) is 91.9 Å². The number of hydrogen-bond acceptors (Lipinski definition) is 5. The SMILES string of the molecule is O=C(N[C@H]1c2ccccc2C2(CCNCC2)[C@@H]1OCc1cccnc1)c1ccn[nH]1. The number of rotatable bonds is 5. The van der Waals surface area contributed by atoms with Crippen LogP contribution in [-0.4, -0.2) is 40.3 Å². The van der Waals surface area contributed by atoms with E-state index in [9.17, 15) is 4.79 Å². The third-order valence-electron chi connectivity index (χ3n) is 6.36. The third kappa shape index (κ3) is 3.30. The molecule has 1 aliphatic carbocycles. The Morgan fingerprint density at radius 1 is 1.13 bits per heavy atom. The van der Waals surface area contributed by atoms with Crippen LogP contribution in [0.2, 0.25) is 0 Å². The van der Waals surface area contributed by atoms with Crippen LogP contribution in [0, 0.1) is 0 Å². The molecule has 1 aliphatic heterocycles. The zero-order valence-corrected chi connectivity index (χ0v) is 16.7. The van der Waals surface area contributed by atoms with Crippen LogP contribution in [0.25, 0.3) is 0 Å². The smallest absolute Gasteiger partial charge is 0.269 e. The minimum absolute atomic E-state index is 0.129. The van der Waals surface area contributed by atoms with Crippen LogP contribution < -0.4 is 10.6 Å². The summed E-state index contributed by atoms with van der Waals surface area (Å²) in [5.41, 5.74) is 3.78. The Hall–Kier alpha value is -3.03. The molecule has 1 amide bonds. The Morgan fingerprint density at radius 2 is 2.00 bits per heavy atom. The Balaban J connectivity index is 1.50. The highest BCUT2D eigenvalue weighted by atomic mass is 16.5. The van der Waals surface area contributed by atoms with Crippen LogP contribution in [0.3, 0.4) is 0 Å². The molecule has 30 heavy (non-hydrogen) atoms. The lowest BCUT2D eigenvalue weighted by Gasteiger charge is -2.41. The van der Waals surface area contributed by atoms with Gasteiger partial charge in [0.2, 0.25) is 0 Å². The second-order valence-corrected chi connectivity index (χ2v) is 8.01. The third-order valence-corrected chi connectivity index (χ3v) is 6.36. The molecular formula is C23H25N5O2. The first-order chi connectivity index (χ1) is 14.8. The highest BCUT2D eigenvalue weighted by Gasteiger charge is 2.53. The van der Waals surface area contributed by atoms with Gasteiger partial charge in [0.1, 0.15) is 5.69 Å². The molecule has 154 valence electrons. The summed E-state index contributed by atoms with van der Waals surface area (Å²) < 4.78 is 6.59. The molecule has 0 saturated carbocycles. The standard InChI is InChI=1S/C23H25N5O2/c29-22(19-7-11-26-28-19)27-20-17-5-1-2-6-18(17)23(8-12-24-13-9-23)21(20)30-15-16-4-3-10-25-14-16/h1-7,10-11,14,20-21,24H,8-9,12-13,15H2,(H,26,28)(H,27,29)/t20-,21+/m0/s1. The number of nitrogens with one attached hydrogen (secondary N) is 3. The van der Waals surface area contributed by atoms with Crippen molar-refractivity contribution in [3.8, 4) is 0 Å². The van der Waals surface area contributed by atoms with Crippen molar-refractivity contribution < 1.29 is 9.53 Å². The van der Waals surface area contributed by atoms with Gasteiger partial charge in [0.15, 0.2) is 0 Å². The van der Waals surface area contributed by atoms with Gasteiger partial charge in [-0.25, -0.2) is 0 Å². The maximum atomic E-state index is 12.9. The summed E-state index contributed by atoms with van der Waals surface area (Å²) in [6.45, 7) is 2.32. The van der Waals surface area contributed by atoms with Crippen LogP contribution in [-0.2, 0) is 16.8 Å². The number of nitrogens with zero attached hydrogens (tertiary/aromatic N) is 2. The lowest BCUT2D eigenvalue weighted by molar-refractivity contribution is -0.0363. The molecule has 7 nitrogen and oxygen atoms in total. The molecule has 2 atom stereocenters. The number of benzene rings is 1. The van der Waals surface area contributed by atoms with E-state index in [4.69, 9.17) is 4.74 Å². The number of carbonyl (C=O) groups is 1. The van der Waals surface area contributed by atoms with E-state index in [2.05, 4.69) is 44.0 Å². The normalized spacial score (nSPS) is 22.0. The summed E-state index contributed by atoms with van der Waals surface area (Å²) in [6, 6.07) is 13.8.